The predicted molar refractivity (Wildman–Crippen MR) is 119 cm³/mol. The molecule has 1 N–H and O–H groups in total. The summed E-state index contributed by atoms with van der Waals surface area (Å²) in [6.45, 7) is 7.42. The van der Waals surface area contributed by atoms with Gasteiger partial charge in [0, 0.05) is 28.2 Å². The summed E-state index contributed by atoms with van der Waals surface area (Å²) in [4.78, 5) is 17.9. The number of benzene rings is 1. The number of nitrogens with one attached hydrogen (secondary N) is 1. The van der Waals surface area contributed by atoms with E-state index >= 15 is 0 Å². The Morgan fingerprint density at radius 3 is 2.76 bits per heavy atom. The number of hydrogen-bond donors (Lipinski definition) is 1. The van der Waals surface area contributed by atoms with Crippen molar-refractivity contribution in [2.24, 2.45) is 0 Å². The van der Waals surface area contributed by atoms with Crippen LogP contribution in [0.25, 0.3) is 11.0 Å². The van der Waals surface area contributed by atoms with Crippen LogP contribution in [-0.4, -0.2) is 15.5 Å². The van der Waals surface area contributed by atoms with Gasteiger partial charge in [-0.3, -0.25) is 4.79 Å². The molecule has 1 atom stereocenters. The maximum Gasteiger partial charge on any atom is 0.252 e. The first kappa shape index (κ1) is 20.0. The lowest BCUT2D eigenvalue weighted by Crippen LogP contribution is -2.28. The standard InChI is InChI=1S/C24H28ClN3O/c1-15(2)22-14-18-8-11-21-16(3)26-24(29)20-10-9-19(25)13-17(20)7-5-4-6-12-28(22)23(18)27-21/h8-11,13-16H,4-7,12H2,1-3H3,(H,26,29). The highest BCUT2D eigenvalue weighted by atomic mass is 35.5. The molecule has 4 nitrogen and oxygen atoms in total. The maximum absolute atomic E-state index is 13.0. The van der Waals surface area contributed by atoms with Crippen molar-refractivity contribution in [2.45, 2.75) is 65.0 Å². The van der Waals surface area contributed by atoms with E-state index in [1.54, 1.807) is 6.07 Å². The summed E-state index contributed by atoms with van der Waals surface area (Å²) < 4.78 is 2.37. The third-order valence-corrected chi connectivity index (χ3v) is 6.06. The number of fused-ring (bicyclic) bond motifs is 2. The quantitative estimate of drug-likeness (QED) is 0.533. The molecular weight excluding hydrogens is 382 g/mol. The molecule has 1 aliphatic heterocycles. The van der Waals surface area contributed by atoms with E-state index in [1.807, 2.05) is 25.1 Å². The molecule has 3 heterocycles. The van der Waals surface area contributed by atoms with Gasteiger partial charge in [0.05, 0.1) is 11.7 Å². The van der Waals surface area contributed by atoms with Crippen LogP contribution in [0.15, 0.2) is 36.4 Å². The van der Waals surface area contributed by atoms with Gasteiger partial charge in [-0.25, -0.2) is 4.98 Å². The number of pyridine rings is 1. The molecule has 4 rings (SSSR count). The normalized spacial score (nSPS) is 18.0. The topological polar surface area (TPSA) is 46.9 Å². The Bertz CT molecular complexity index is 1050. The predicted octanol–water partition coefficient (Wildman–Crippen LogP) is 6.03. The van der Waals surface area contributed by atoms with Gasteiger partial charge in [-0.2, -0.15) is 0 Å². The molecule has 1 unspecified atom stereocenters. The molecule has 0 saturated carbocycles. The second-order valence-electron chi connectivity index (χ2n) is 8.33. The van der Waals surface area contributed by atoms with Crippen molar-refractivity contribution in [1.82, 2.24) is 14.9 Å². The molecule has 2 bridgehead atoms. The minimum Gasteiger partial charge on any atom is -0.344 e. The second-order valence-corrected chi connectivity index (χ2v) is 8.77. The molecule has 0 aliphatic carbocycles. The van der Waals surface area contributed by atoms with E-state index in [0.717, 1.165) is 49.1 Å². The molecule has 152 valence electrons. The summed E-state index contributed by atoms with van der Waals surface area (Å²) >= 11 is 6.21. The van der Waals surface area contributed by atoms with Crippen molar-refractivity contribution >= 4 is 28.5 Å². The van der Waals surface area contributed by atoms with Crippen molar-refractivity contribution < 1.29 is 4.79 Å². The lowest BCUT2D eigenvalue weighted by molar-refractivity contribution is 0.0938. The van der Waals surface area contributed by atoms with Crippen LogP contribution in [0.4, 0.5) is 0 Å². The maximum atomic E-state index is 13.0. The minimum absolute atomic E-state index is 0.0682. The van der Waals surface area contributed by atoms with Crippen molar-refractivity contribution in [2.75, 3.05) is 0 Å². The smallest absolute Gasteiger partial charge is 0.252 e. The lowest BCUT2D eigenvalue weighted by Gasteiger charge is -2.18. The van der Waals surface area contributed by atoms with Gasteiger partial charge in [0.25, 0.3) is 5.91 Å². The fourth-order valence-corrected chi connectivity index (χ4v) is 4.41. The number of aromatic nitrogens is 2. The van der Waals surface area contributed by atoms with E-state index in [4.69, 9.17) is 16.6 Å². The Kier molecular flexibility index (Phi) is 5.64. The Labute approximate surface area is 177 Å². The fraction of sp³-hybridized carbons (Fsp3) is 0.417. The lowest BCUT2D eigenvalue weighted by atomic mass is 10.00. The van der Waals surface area contributed by atoms with Gasteiger partial charge in [-0.1, -0.05) is 31.9 Å². The van der Waals surface area contributed by atoms with Gasteiger partial charge < -0.3 is 9.88 Å². The van der Waals surface area contributed by atoms with E-state index in [9.17, 15) is 4.79 Å². The molecule has 29 heavy (non-hydrogen) atoms. The molecule has 1 aliphatic rings. The zero-order valence-electron chi connectivity index (χ0n) is 17.3. The summed E-state index contributed by atoms with van der Waals surface area (Å²) in [5.41, 5.74) is 4.97. The largest absolute Gasteiger partial charge is 0.344 e. The first-order valence-corrected chi connectivity index (χ1v) is 10.9. The average molecular weight is 410 g/mol. The van der Waals surface area contributed by atoms with Gasteiger partial charge in [0.1, 0.15) is 5.65 Å². The Balaban J connectivity index is 1.76. The van der Waals surface area contributed by atoms with E-state index < -0.39 is 0 Å². The highest BCUT2D eigenvalue weighted by Gasteiger charge is 2.19. The SMILES string of the molecule is CC(C)c1cc2ccc3nc2n1CCCCCc1cc(Cl)ccc1C(=O)NC3C. The number of carbonyl (C=O) groups excluding carboxylic acids is 1. The van der Waals surface area contributed by atoms with Crippen LogP contribution in [0.2, 0.25) is 5.02 Å². The average Bonchev–Trinajstić information content (AvgIpc) is 3.05. The van der Waals surface area contributed by atoms with Crippen molar-refractivity contribution in [3.63, 3.8) is 0 Å². The van der Waals surface area contributed by atoms with Crippen LogP contribution in [0.5, 0.6) is 0 Å². The number of hydrogen-bond acceptors (Lipinski definition) is 2. The summed E-state index contributed by atoms with van der Waals surface area (Å²) in [5.74, 6) is 0.374. The minimum atomic E-state index is -0.177. The molecule has 3 aromatic rings. The zero-order chi connectivity index (χ0) is 20.5. The Morgan fingerprint density at radius 1 is 1.14 bits per heavy atom. The number of halogens is 1. The Hall–Kier alpha value is -2.33. The highest BCUT2D eigenvalue weighted by Crippen LogP contribution is 2.27. The first-order valence-electron chi connectivity index (χ1n) is 10.5. The van der Waals surface area contributed by atoms with Crippen molar-refractivity contribution in [1.29, 1.82) is 0 Å². The molecule has 0 fully saturated rings. The molecule has 1 amide bonds. The van der Waals surface area contributed by atoms with Gasteiger partial charge in [-0.05, 0) is 74.1 Å². The third kappa shape index (κ3) is 4.04. The van der Waals surface area contributed by atoms with Crippen LogP contribution in [0.1, 0.15) is 79.3 Å². The van der Waals surface area contributed by atoms with Gasteiger partial charge in [0.2, 0.25) is 0 Å². The molecule has 0 radical (unpaired) electrons. The second kappa shape index (κ2) is 8.19. The molecule has 2 aromatic heterocycles. The van der Waals surface area contributed by atoms with Gasteiger partial charge in [0.15, 0.2) is 0 Å². The molecule has 1 aromatic carbocycles. The molecular formula is C24H28ClN3O. The van der Waals surface area contributed by atoms with E-state index in [1.165, 1.54) is 11.1 Å². The first-order chi connectivity index (χ1) is 13.9. The number of nitrogens with zero attached hydrogens (tertiary/aromatic N) is 2. The van der Waals surface area contributed by atoms with Gasteiger partial charge >= 0.3 is 0 Å². The van der Waals surface area contributed by atoms with E-state index in [2.05, 4.69) is 35.9 Å². The van der Waals surface area contributed by atoms with E-state index in [0.29, 0.717) is 16.5 Å². The van der Waals surface area contributed by atoms with Crippen molar-refractivity contribution in [3.8, 4) is 0 Å². The number of rotatable bonds is 1. The molecule has 0 spiro atoms. The van der Waals surface area contributed by atoms with Crippen LogP contribution in [0, 0.1) is 0 Å². The van der Waals surface area contributed by atoms with Crippen LogP contribution < -0.4 is 5.32 Å². The summed E-state index contributed by atoms with van der Waals surface area (Å²) in [6.07, 6.45) is 4.08. The monoisotopic (exact) mass is 409 g/mol. The van der Waals surface area contributed by atoms with Crippen LogP contribution >= 0.6 is 11.6 Å². The fourth-order valence-electron chi connectivity index (χ4n) is 4.22. The number of amides is 1. The third-order valence-electron chi connectivity index (χ3n) is 5.82. The summed E-state index contributed by atoms with van der Waals surface area (Å²) in [7, 11) is 0. The number of carbonyl (C=O) groups is 1. The van der Waals surface area contributed by atoms with Gasteiger partial charge in [-0.15, -0.1) is 0 Å². The molecule has 5 heteroatoms. The zero-order valence-corrected chi connectivity index (χ0v) is 18.1. The summed E-state index contributed by atoms with van der Waals surface area (Å²) in [6, 6.07) is 11.8. The Morgan fingerprint density at radius 2 is 1.97 bits per heavy atom. The number of aryl methyl sites for hydroxylation is 2. The van der Waals surface area contributed by atoms with Crippen molar-refractivity contribution in [3.05, 3.63) is 63.9 Å². The van der Waals surface area contributed by atoms with Crippen LogP contribution in [-0.2, 0) is 13.0 Å². The molecule has 0 saturated heterocycles. The van der Waals surface area contributed by atoms with E-state index in [-0.39, 0.29) is 11.9 Å². The summed E-state index contributed by atoms with van der Waals surface area (Å²) in [5, 5.41) is 4.97. The van der Waals surface area contributed by atoms with Crippen LogP contribution in [0.3, 0.4) is 0 Å². The highest BCUT2D eigenvalue weighted by molar-refractivity contribution is 6.30.